The summed E-state index contributed by atoms with van der Waals surface area (Å²) in [6.07, 6.45) is 0.565. The summed E-state index contributed by atoms with van der Waals surface area (Å²) in [6.45, 7) is 1.53. The fourth-order valence-corrected chi connectivity index (χ4v) is 1.54. The smallest absolute Gasteiger partial charge is 0.323 e. The summed E-state index contributed by atoms with van der Waals surface area (Å²) in [4.78, 5) is 23.7. The van der Waals surface area contributed by atoms with E-state index in [9.17, 15) is 19.1 Å². The van der Waals surface area contributed by atoms with Crippen molar-refractivity contribution in [3.8, 4) is 5.75 Å². The molecule has 5 nitrogen and oxygen atoms in total. The Morgan fingerprint density at radius 1 is 1.39 bits per heavy atom. The molecule has 0 atom stereocenters. The molecule has 0 unspecified atom stereocenters. The molecule has 0 saturated carbocycles. The van der Waals surface area contributed by atoms with Gasteiger partial charge >= 0.3 is 5.97 Å². The van der Waals surface area contributed by atoms with Gasteiger partial charge in [-0.2, -0.15) is 0 Å². The second-order valence-electron chi connectivity index (χ2n) is 3.78. The van der Waals surface area contributed by atoms with Crippen LogP contribution in [-0.4, -0.2) is 40.1 Å². The SMILES string of the molecule is CCCN(CC(=O)O)C(=O)c1cc(F)ccc1O. The molecule has 1 amide bonds. The van der Waals surface area contributed by atoms with Gasteiger partial charge in [0.25, 0.3) is 5.91 Å². The van der Waals surface area contributed by atoms with Gasteiger partial charge in [-0.15, -0.1) is 0 Å². The molecule has 1 aromatic carbocycles. The van der Waals surface area contributed by atoms with Crippen LogP contribution in [0.4, 0.5) is 4.39 Å². The highest BCUT2D eigenvalue weighted by Crippen LogP contribution is 2.19. The van der Waals surface area contributed by atoms with E-state index in [1.807, 2.05) is 0 Å². The lowest BCUT2D eigenvalue weighted by atomic mass is 10.1. The van der Waals surface area contributed by atoms with Gasteiger partial charge < -0.3 is 15.1 Å². The monoisotopic (exact) mass is 255 g/mol. The largest absolute Gasteiger partial charge is 0.507 e. The van der Waals surface area contributed by atoms with Crippen molar-refractivity contribution in [3.63, 3.8) is 0 Å². The third-order valence-corrected chi connectivity index (χ3v) is 2.30. The van der Waals surface area contributed by atoms with Crippen LogP contribution < -0.4 is 0 Å². The lowest BCUT2D eigenvalue weighted by molar-refractivity contribution is -0.137. The van der Waals surface area contributed by atoms with Crippen LogP contribution in [0.3, 0.4) is 0 Å². The summed E-state index contributed by atoms with van der Waals surface area (Å²) in [7, 11) is 0. The standard InChI is InChI=1S/C12H14FNO4/c1-2-5-14(7-11(16)17)12(18)9-6-8(13)3-4-10(9)15/h3-4,6,15H,2,5,7H2,1H3,(H,16,17). The van der Waals surface area contributed by atoms with Crippen molar-refractivity contribution in [1.82, 2.24) is 4.90 Å². The Morgan fingerprint density at radius 3 is 2.61 bits per heavy atom. The van der Waals surface area contributed by atoms with Crippen LogP contribution in [-0.2, 0) is 4.79 Å². The first kappa shape index (κ1) is 14.0. The number of nitrogens with zero attached hydrogens (tertiary/aromatic N) is 1. The summed E-state index contributed by atoms with van der Waals surface area (Å²) in [6, 6.07) is 2.98. The zero-order valence-corrected chi connectivity index (χ0v) is 9.89. The molecule has 0 aliphatic heterocycles. The molecule has 0 radical (unpaired) electrons. The fourth-order valence-electron chi connectivity index (χ4n) is 1.54. The van der Waals surface area contributed by atoms with Crippen LogP contribution in [0.25, 0.3) is 0 Å². The minimum absolute atomic E-state index is 0.223. The fraction of sp³-hybridized carbons (Fsp3) is 0.333. The summed E-state index contributed by atoms with van der Waals surface area (Å²) in [5, 5.41) is 18.2. The molecule has 0 heterocycles. The first-order valence-corrected chi connectivity index (χ1v) is 5.45. The average Bonchev–Trinajstić information content (AvgIpc) is 2.30. The predicted molar refractivity (Wildman–Crippen MR) is 61.9 cm³/mol. The number of rotatable bonds is 5. The molecule has 1 rings (SSSR count). The van der Waals surface area contributed by atoms with E-state index in [2.05, 4.69) is 0 Å². The molecule has 0 aromatic heterocycles. The Bertz CT molecular complexity index is 461. The Morgan fingerprint density at radius 2 is 2.06 bits per heavy atom. The van der Waals surface area contributed by atoms with Crippen LogP contribution in [0.15, 0.2) is 18.2 Å². The third kappa shape index (κ3) is 3.44. The van der Waals surface area contributed by atoms with E-state index in [1.165, 1.54) is 0 Å². The van der Waals surface area contributed by atoms with Gasteiger partial charge in [0.1, 0.15) is 18.1 Å². The van der Waals surface area contributed by atoms with Crippen molar-refractivity contribution >= 4 is 11.9 Å². The quantitative estimate of drug-likeness (QED) is 0.835. The van der Waals surface area contributed by atoms with Crippen molar-refractivity contribution in [2.45, 2.75) is 13.3 Å². The van der Waals surface area contributed by atoms with Gasteiger partial charge in [0.2, 0.25) is 0 Å². The zero-order chi connectivity index (χ0) is 13.7. The molecule has 0 saturated heterocycles. The molecule has 98 valence electrons. The Balaban J connectivity index is 3.01. The van der Waals surface area contributed by atoms with E-state index in [0.717, 1.165) is 23.1 Å². The number of carboxylic acid groups (broad SMARTS) is 1. The van der Waals surface area contributed by atoms with E-state index in [0.29, 0.717) is 6.42 Å². The van der Waals surface area contributed by atoms with E-state index in [1.54, 1.807) is 6.92 Å². The molecule has 0 fully saturated rings. The van der Waals surface area contributed by atoms with Crippen molar-refractivity contribution < 1.29 is 24.2 Å². The van der Waals surface area contributed by atoms with E-state index >= 15 is 0 Å². The summed E-state index contributed by atoms with van der Waals surface area (Å²) in [5.41, 5.74) is -0.232. The molecule has 18 heavy (non-hydrogen) atoms. The van der Waals surface area contributed by atoms with Gasteiger partial charge in [-0.05, 0) is 24.6 Å². The van der Waals surface area contributed by atoms with Crippen LogP contribution in [0.5, 0.6) is 5.75 Å². The highest BCUT2D eigenvalue weighted by Gasteiger charge is 2.21. The molecular weight excluding hydrogens is 241 g/mol. The minimum atomic E-state index is -1.16. The van der Waals surface area contributed by atoms with Crippen molar-refractivity contribution in [2.24, 2.45) is 0 Å². The molecule has 6 heteroatoms. The second kappa shape index (κ2) is 6.00. The van der Waals surface area contributed by atoms with Gasteiger partial charge in [0.05, 0.1) is 5.56 Å². The molecule has 0 spiro atoms. The highest BCUT2D eigenvalue weighted by atomic mass is 19.1. The maximum absolute atomic E-state index is 13.0. The second-order valence-corrected chi connectivity index (χ2v) is 3.78. The number of hydrogen-bond donors (Lipinski definition) is 2. The van der Waals surface area contributed by atoms with Gasteiger partial charge in [-0.1, -0.05) is 6.92 Å². The van der Waals surface area contributed by atoms with E-state index in [-0.39, 0.29) is 17.9 Å². The van der Waals surface area contributed by atoms with Crippen molar-refractivity contribution in [3.05, 3.63) is 29.6 Å². The third-order valence-electron chi connectivity index (χ3n) is 2.30. The Hall–Kier alpha value is -2.11. The number of carbonyl (C=O) groups excluding carboxylic acids is 1. The Kier molecular flexibility index (Phi) is 4.65. The number of amides is 1. The number of hydrogen-bond acceptors (Lipinski definition) is 3. The number of aliphatic carboxylic acids is 1. The highest BCUT2D eigenvalue weighted by molar-refractivity contribution is 5.98. The first-order valence-electron chi connectivity index (χ1n) is 5.45. The van der Waals surface area contributed by atoms with Crippen LogP contribution in [0.2, 0.25) is 0 Å². The average molecular weight is 255 g/mol. The maximum Gasteiger partial charge on any atom is 0.323 e. The lowest BCUT2D eigenvalue weighted by Crippen LogP contribution is -2.36. The summed E-state index contributed by atoms with van der Waals surface area (Å²) >= 11 is 0. The first-order chi connectivity index (χ1) is 8.45. The zero-order valence-electron chi connectivity index (χ0n) is 9.89. The molecule has 0 bridgehead atoms. The molecule has 0 aliphatic carbocycles. The van der Waals surface area contributed by atoms with E-state index in [4.69, 9.17) is 5.11 Å². The van der Waals surface area contributed by atoms with Crippen molar-refractivity contribution in [2.75, 3.05) is 13.1 Å². The number of carboxylic acids is 1. The maximum atomic E-state index is 13.0. The topological polar surface area (TPSA) is 77.8 Å². The van der Waals surface area contributed by atoms with E-state index < -0.39 is 24.2 Å². The molecular formula is C12H14FNO4. The number of benzene rings is 1. The number of aromatic hydroxyl groups is 1. The van der Waals surface area contributed by atoms with Crippen molar-refractivity contribution in [1.29, 1.82) is 0 Å². The number of carbonyl (C=O) groups is 2. The normalized spacial score (nSPS) is 10.1. The van der Waals surface area contributed by atoms with Crippen LogP contribution in [0, 0.1) is 5.82 Å². The lowest BCUT2D eigenvalue weighted by Gasteiger charge is -2.20. The minimum Gasteiger partial charge on any atom is -0.507 e. The number of phenolic OH excluding ortho intramolecular Hbond substituents is 1. The Labute approximate surface area is 103 Å². The van der Waals surface area contributed by atoms with Gasteiger partial charge in [-0.3, -0.25) is 9.59 Å². The van der Waals surface area contributed by atoms with Gasteiger partial charge in [0, 0.05) is 6.54 Å². The summed E-state index contributed by atoms with van der Waals surface area (Å²) in [5.74, 6) is -2.89. The van der Waals surface area contributed by atoms with Crippen LogP contribution in [0.1, 0.15) is 23.7 Å². The predicted octanol–water partition coefficient (Wildman–Crippen LogP) is 1.47. The molecule has 0 aliphatic rings. The molecule has 2 N–H and O–H groups in total. The van der Waals surface area contributed by atoms with Gasteiger partial charge in [-0.25, -0.2) is 4.39 Å². The molecule has 1 aromatic rings. The van der Waals surface area contributed by atoms with Gasteiger partial charge in [0.15, 0.2) is 0 Å². The van der Waals surface area contributed by atoms with Crippen LogP contribution >= 0.6 is 0 Å². The summed E-state index contributed by atoms with van der Waals surface area (Å²) < 4.78 is 13.0. The number of halogens is 1. The number of phenols is 1.